The smallest absolute Gasteiger partial charge is 0.192 e. The van der Waals surface area contributed by atoms with Gasteiger partial charge in [-0.15, -0.1) is 16.5 Å². The predicted octanol–water partition coefficient (Wildman–Crippen LogP) is 2.30. The van der Waals surface area contributed by atoms with Gasteiger partial charge in [0.1, 0.15) is 34.6 Å². The van der Waals surface area contributed by atoms with Crippen molar-refractivity contribution in [3.63, 3.8) is 0 Å². The summed E-state index contributed by atoms with van der Waals surface area (Å²) >= 11 is -0.0156. The molecule has 8 atom stereocenters. The number of thioether (sulfide) groups is 1. The van der Waals surface area contributed by atoms with Crippen molar-refractivity contribution in [2.45, 2.75) is 113 Å². The van der Waals surface area contributed by atoms with Crippen LogP contribution in [0.1, 0.15) is 48.0 Å². The molecule has 4 N–H and O–H groups in total. The number of aliphatic hydroxyl groups is 3. The highest BCUT2D eigenvalue weighted by Crippen LogP contribution is 2.39. The monoisotopic (exact) mass is 495 g/mol. The van der Waals surface area contributed by atoms with Crippen molar-refractivity contribution in [1.29, 1.82) is 0 Å². The van der Waals surface area contributed by atoms with Crippen LogP contribution >= 0.6 is 11.8 Å². The first-order chi connectivity index (χ1) is 14.0. The molecule has 0 spiro atoms. The highest BCUT2D eigenvalue weighted by Gasteiger charge is 2.48. The van der Waals surface area contributed by atoms with E-state index in [1.807, 2.05) is 32.9 Å². The fourth-order valence-corrected chi connectivity index (χ4v) is 6.53. The molecule has 2 unspecified atom stereocenters. The molecule has 0 saturated carbocycles. The highest BCUT2D eigenvalue weighted by atomic mass is 32.2. The van der Waals surface area contributed by atoms with Crippen LogP contribution in [-0.2, 0) is 20.5 Å². The maximum atomic E-state index is 12.8. The molecule has 182 valence electrons. The van der Waals surface area contributed by atoms with E-state index < -0.39 is 60.3 Å². The molecule has 0 aromatic rings. The van der Waals surface area contributed by atoms with Crippen LogP contribution in [0, 0.1) is 0 Å². The molecule has 0 aromatic heterocycles. The van der Waals surface area contributed by atoms with Gasteiger partial charge in [-0.25, -0.2) is 0 Å². The van der Waals surface area contributed by atoms with E-state index in [1.165, 1.54) is 11.8 Å². The van der Waals surface area contributed by atoms with Crippen LogP contribution in [0.25, 0.3) is 0 Å². The zero-order chi connectivity index (χ0) is 23.8. The summed E-state index contributed by atoms with van der Waals surface area (Å²) in [4.78, 5) is 0. The first-order valence-corrected chi connectivity index (χ1v) is 16.0. The Morgan fingerprint density at radius 3 is 2.26 bits per heavy atom. The third-order valence-corrected chi connectivity index (χ3v) is 13.6. The average molecular weight is 496 g/mol. The second-order valence-corrected chi connectivity index (χ2v) is 18.8. The van der Waals surface area contributed by atoms with Crippen LogP contribution in [0.3, 0.4) is 0 Å². The molecule has 0 aliphatic carbocycles. The van der Waals surface area contributed by atoms with E-state index in [4.69, 9.17) is 9.16 Å². The third kappa shape index (κ3) is 6.94. The molecule has 2 heterocycles. The number of aliphatic hydroxyl groups excluding tert-OH is 3. The molecule has 0 amide bonds. The minimum Gasteiger partial charge on any atom is -0.598 e. The molecule has 10 heteroatoms. The third-order valence-electron chi connectivity index (χ3n) is 6.24. The van der Waals surface area contributed by atoms with Gasteiger partial charge in [-0.05, 0) is 45.3 Å². The minimum absolute atomic E-state index is 0.0563. The van der Waals surface area contributed by atoms with Crippen molar-refractivity contribution in [3.8, 4) is 0 Å². The molecule has 1 fully saturated rings. The van der Waals surface area contributed by atoms with Crippen molar-refractivity contribution >= 4 is 31.4 Å². The molecular weight excluding hydrogens is 454 g/mol. The van der Waals surface area contributed by atoms with Gasteiger partial charge >= 0.3 is 0 Å². The zero-order valence-corrected chi connectivity index (χ0v) is 22.6. The Morgan fingerprint density at radius 1 is 1.10 bits per heavy atom. The lowest BCUT2D eigenvalue weighted by Gasteiger charge is -2.44. The first kappa shape index (κ1) is 27.6. The van der Waals surface area contributed by atoms with Gasteiger partial charge in [0, 0.05) is 17.1 Å². The second-order valence-electron chi connectivity index (χ2n) is 11.0. The van der Waals surface area contributed by atoms with E-state index in [2.05, 4.69) is 38.6 Å². The van der Waals surface area contributed by atoms with Gasteiger partial charge in [0.15, 0.2) is 8.32 Å². The van der Waals surface area contributed by atoms with Gasteiger partial charge in [0.25, 0.3) is 0 Å². The number of hydrogen-bond acceptors (Lipinski definition) is 8. The van der Waals surface area contributed by atoms with E-state index in [1.54, 1.807) is 0 Å². The predicted molar refractivity (Wildman–Crippen MR) is 130 cm³/mol. The molecule has 31 heavy (non-hydrogen) atoms. The standard InChI is InChI=1S/C21H41NO6S2Si/c1-20(2,3)30(26)22-14-11-9-10-13(28-31(7,8)21(4,5)6)12-29-19-17(25)15(23)16(24)18(14)27-19/h9-10,13-19,22-25H,11-12H2,1-8H3/b10-9+/t13?,14-,15+,16-,17-,18-,19-,30?/m1/s1. The Balaban J connectivity index is 2.30. The maximum Gasteiger partial charge on any atom is 0.192 e. The SMILES string of the molecule is CC(C)(C)[S+]([O-])N[C@@H]1C/C=C/C(O[Si](C)(C)C(C)(C)C)CS[C@H]2O[C@H]1[C@H](O)[C@H](O)[C@H]2O. The minimum atomic E-state index is -2.02. The summed E-state index contributed by atoms with van der Waals surface area (Å²) in [5.41, 5.74) is -0.715. The summed E-state index contributed by atoms with van der Waals surface area (Å²) in [7, 11) is -2.02. The molecule has 2 aliphatic rings. The Hall–Kier alpha value is 0.377. The van der Waals surface area contributed by atoms with E-state index in [9.17, 15) is 19.9 Å². The van der Waals surface area contributed by atoms with Gasteiger partial charge < -0.3 is 29.0 Å². The lowest BCUT2D eigenvalue weighted by atomic mass is 9.93. The topological polar surface area (TPSA) is 114 Å². The van der Waals surface area contributed by atoms with Crippen LogP contribution in [0.4, 0.5) is 0 Å². The largest absolute Gasteiger partial charge is 0.598 e. The van der Waals surface area contributed by atoms with Crippen LogP contribution in [0.2, 0.25) is 18.1 Å². The molecule has 2 aliphatic heterocycles. The van der Waals surface area contributed by atoms with Crippen molar-refractivity contribution in [2.24, 2.45) is 0 Å². The van der Waals surface area contributed by atoms with Crippen molar-refractivity contribution < 1.29 is 29.0 Å². The van der Waals surface area contributed by atoms with Crippen LogP contribution in [0.15, 0.2) is 12.2 Å². The molecule has 7 nitrogen and oxygen atoms in total. The van der Waals surface area contributed by atoms with E-state index >= 15 is 0 Å². The zero-order valence-electron chi connectivity index (χ0n) is 20.0. The lowest BCUT2D eigenvalue weighted by Crippen LogP contribution is -2.63. The summed E-state index contributed by atoms with van der Waals surface area (Å²) in [5, 5.41) is 31.6. The summed E-state index contributed by atoms with van der Waals surface area (Å²) < 4.78 is 28.0. The normalized spacial score (nSPS) is 37.9. The molecular formula is C21H41NO6S2Si. The van der Waals surface area contributed by atoms with E-state index in [0.717, 1.165) is 0 Å². The molecule has 2 bridgehead atoms. The highest BCUT2D eigenvalue weighted by molar-refractivity contribution is 7.99. The van der Waals surface area contributed by atoms with Crippen molar-refractivity contribution in [1.82, 2.24) is 4.72 Å². The van der Waals surface area contributed by atoms with Gasteiger partial charge in [-0.2, -0.15) is 0 Å². The van der Waals surface area contributed by atoms with Crippen molar-refractivity contribution in [3.05, 3.63) is 12.2 Å². The summed E-state index contributed by atoms with van der Waals surface area (Å²) in [6, 6.07) is -0.497. The summed E-state index contributed by atoms with van der Waals surface area (Å²) in [6.45, 7) is 16.6. The Bertz CT molecular complexity index is 624. The fraction of sp³-hybridized carbons (Fsp3) is 0.905. The number of fused-ring (bicyclic) bond motifs is 2. The number of ether oxygens (including phenoxy) is 1. The summed E-state index contributed by atoms with van der Waals surface area (Å²) in [6.07, 6.45) is -0.369. The van der Waals surface area contributed by atoms with E-state index in [0.29, 0.717) is 12.2 Å². The Labute approximate surface area is 195 Å². The average Bonchev–Trinajstić information content (AvgIpc) is 2.62. The van der Waals surface area contributed by atoms with Crippen molar-refractivity contribution in [2.75, 3.05) is 5.75 Å². The van der Waals surface area contributed by atoms with Gasteiger partial charge in [0.05, 0.1) is 12.1 Å². The quantitative estimate of drug-likeness (QED) is 0.267. The lowest BCUT2D eigenvalue weighted by molar-refractivity contribution is -0.203. The van der Waals surface area contributed by atoms with Crippen LogP contribution in [-0.4, -0.2) is 80.7 Å². The number of rotatable bonds is 4. The Kier molecular flexibility index (Phi) is 9.20. The number of hydrogen-bond donors (Lipinski definition) is 4. The Morgan fingerprint density at radius 2 is 1.71 bits per heavy atom. The fourth-order valence-electron chi connectivity index (χ4n) is 3.16. The van der Waals surface area contributed by atoms with Crippen LogP contribution < -0.4 is 4.72 Å². The van der Waals surface area contributed by atoms with Gasteiger partial charge in [0.2, 0.25) is 0 Å². The van der Waals surface area contributed by atoms with Gasteiger partial charge in [-0.3, -0.25) is 0 Å². The number of nitrogens with one attached hydrogen (secondary N) is 1. The second kappa shape index (κ2) is 10.3. The van der Waals surface area contributed by atoms with E-state index in [-0.39, 0.29) is 11.1 Å². The molecule has 0 radical (unpaired) electrons. The van der Waals surface area contributed by atoms with Gasteiger partial charge in [-0.1, -0.05) is 32.9 Å². The summed E-state index contributed by atoms with van der Waals surface area (Å²) in [5.74, 6) is 0.562. The molecule has 2 rings (SSSR count). The maximum absolute atomic E-state index is 12.8. The molecule has 1 saturated heterocycles. The first-order valence-electron chi connectivity index (χ1n) is 10.9. The van der Waals surface area contributed by atoms with Crippen LogP contribution in [0.5, 0.6) is 0 Å². The molecule has 0 aromatic carbocycles.